The van der Waals surface area contributed by atoms with Crippen LogP contribution in [0.2, 0.25) is 0 Å². The third-order valence-corrected chi connectivity index (χ3v) is 2.88. The lowest BCUT2D eigenvalue weighted by Crippen LogP contribution is -2.22. The van der Waals surface area contributed by atoms with Crippen molar-refractivity contribution < 1.29 is 8.42 Å². The Balaban J connectivity index is 2.54. The van der Waals surface area contributed by atoms with E-state index in [1.165, 1.54) is 0 Å². The second-order valence-electron chi connectivity index (χ2n) is 3.49. The number of hydrogen-bond donors (Lipinski definition) is 1. The average molecular weight is 214 g/mol. The topological polar surface area (TPSA) is 73.0 Å². The minimum absolute atomic E-state index is 0.0231. The Morgan fingerprint density at radius 3 is 2.50 bits per heavy atom. The van der Waals surface area contributed by atoms with Crippen molar-refractivity contribution >= 4 is 10.0 Å². The minimum atomic E-state index is -3.36. The summed E-state index contributed by atoms with van der Waals surface area (Å²) in [7, 11) is -3.36. The Hall–Kier alpha value is -0.940. The summed E-state index contributed by atoms with van der Waals surface area (Å²) in [4.78, 5) is 3.88. The van der Waals surface area contributed by atoms with Gasteiger partial charge in [-0.2, -0.15) is 0 Å². The Labute approximate surface area is 84.2 Å². The van der Waals surface area contributed by atoms with Gasteiger partial charge in [0.2, 0.25) is 10.0 Å². The van der Waals surface area contributed by atoms with Crippen LogP contribution in [-0.2, 0) is 16.4 Å². The summed E-state index contributed by atoms with van der Waals surface area (Å²) in [5.41, 5.74) is 1.08. The molecular formula is C9H14N2O2S. The zero-order valence-corrected chi connectivity index (χ0v) is 8.87. The lowest BCUT2D eigenvalue weighted by molar-refractivity contribution is 0.571. The molecule has 1 heterocycles. The van der Waals surface area contributed by atoms with Crippen molar-refractivity contribution in [3.63, 3.8) is 0 Å². The molecular weight excluding hydrogens is 200 g/mol. The fourth-order valence-corrected chi connectivity index (χ4v) is 2.29. The van der Waals surface area contributed by atoms with E-state index in [0.29, 0.717) is 6.42 Å². The van der Waals surface area contributed by atoms with Crippen molar-refractivity contribution in [2.24, 2.45) is 11.1 Å². The SMILES string of the molecule is CC(Cc1ccncc1)CS(N)(=O)=O. The van der Waals surface area contributed by atoms with Crippen molar-refractivity contribution in [2.45, 2.75) is 13.3 Å². The summed E-state index contributed by atoms with van der Waals surface area (Å²) in [5, 5.41) is 4.95. The van der Waals surface area contributed by atoms with Crippen molar-refractivity contribution in [3.05, 3.63) is 30.1 Å². The molecule has 1 unspecified atom stereocenters. The molecule has 2 N–H and O–H groups in total. The molecule has 0 aliphatic heterocycles. The normalized spacial score (nSPS) is 13.9. The summed E-state index contributed by atoms with van der Waals surface area (Å²) in [6.45, 7) is 1.87. The standard InChI is InChI=1S/C9H14N2O2S/c1-8(7-14(10,12)13)6-9-2-4-11-5-3-9/h2-5,8H,6-7H2,1H3,(H2,10,12,13). The number of pyridine rings is 1. The minimum Gasteiger partial charge on any atom is -0.265 e. The lowest BCUT2D eigenvalue weighted by atomic mass is 10.0. The number of rotatable bonds is 4. The van der Waals surface area contributed by atoms with E-state index >= 15 is 0 Å². The van der Waals surface area contributed by atoms with Crippen LogP contribution in [0.5, 0.6) is 0 Å². The smallest absolute Gasteiger partial charge is 0.209 e. The Bertz CT molecular complexity index is 375. The molecule has 0 amide bonds. The Morgan fingerprint density at radius 2 is 2.00 bits per heavy atom. The van der Waals surface area contributed by atoms with Crippen molar-refractivity contribution in [3.8, 4) is 0 Å². The van der Waals surface area contributed by atoms with Gasteiger partial charge in [0.05, 0.1) is 5.75 Å². The van der Waals surface area contributed by atoms with Crippen molar-refractivity contribution in [1.82, 2.24) is 4.98 Å². The first-order chi connectivity index (χ1) is 6.47. The van der Waals surface area contributed by atoms with Crippen LogP contribution in [-0.4, -0.2) is 19.2 Å². The maximum absolute atomic E-state index is 10.8. The summed E-state index contributed by atoms with van der Waals surface area (Å²) in [5.74, 6) is 0.0578. The van der Waals surface area contributed by atoms with Crippen LogP contribution in [0.25, 0.3) is 0 Å². The predicted octanol–water partition coefficient (Wildman–Crippen LogP) is 0.549. The molecule has 0 saturated heterocycles. The molecule has 1 aromatic heterocycles. The number of primary sulfonamides is 1. The zero-order chi connectivity index (χ0) is 10.6. The van der Waals surface area contributed by atoms with E-state index in [1.54, 1.807) is 12.4 Å². The van der Waals surface area contributed by atoms with E-state index in [1.807, 2.05) is 19.1 Å². The van der Waals surface area contributed by atoms with Crippen LogP contribution in [0.1, 0.15) is 12.5 Å². The molecule has 0 bridgehead atoms. The van der Waals surface area contributed by atoms with Gasteiger partial charge in [-0.25, -0.2) is 13.6 Å². The molecule has 4 nitrogen and oxygen atoms in total. The van der Waals surface area contributed by atoms with Crippen molar-refractivity contribution in [2.75, 3.05) is 5.75 Å². The van der Waals surface area contributed by atoms with Crippen LogP contribution in [0, 0.1) is 5.92 Å². The van der Waals surface area contributed by atoms with E-state index in [-0.39, 0.29) is 11.7 Å². The monoisotopic (exact) mass is 214 g/mol. The van der Waals surface area contributed by atoms with Crippen LogP contribution in [0.15, 0.2) is 24.5 Å². The molecule has 0 aliphatic carbocycles. The van der Waals surface area contributed by atoms with Crippen LogP contribution in [0.3, 0.4) is 0 Å². The third kappa shape index (κ3) is 4.34. The average Bonchev–Trinajstić information content (AvgIpc) is 2.02. The number of sulfonamides is 1. The van der Waals surface area contributed by atoms with E-state index < -0.39 is 10.0 Å². The fraction of sp³-hybridized carbons (Fsp3) is 0.444. The van der Waals surface area contributed by atoms with Gasteiger partial charge in [-0.05, 0) is 30.0 Å². The quantitative estimate of drug-likeness (QED) is 0.795. The van der Waals surface area contributed by atoms with Gasteiger partial charge in [0.25, 0.3) is 0 Å². The molecule has 1 atom stereocenters. The Kier molecular flexibility index (Phi) is 3.60. The highest BCUT2D eigenvalue weighted by Crippen LogP contribution is 2.08. The number of hydrogen-bond acceptors (Lipinski definition) is 3. The van der Waals surface area contributed by atoms with Crippen LogP contribution in [0.4, 0.5) is 0 Å². The maximum Gasteiger partial charge on any atom is 0.209 e. The highest BCUT2D eigenvalue weighted by molar-refractivity contribution is 7.89. The molecule has 0 fully saturated rings. The third-order valence-electron chi connectivity index (χ3n) is 1.85. The molecule has 78 valence electrons. The number of nitrogens with two attached hydrogens (primary N) is 1. The van der Waals surface area contributed by atoms with Gasteiger partial charge < -0.3 is 0 Å². The maximum atomic E-state index is 10.8. The predicted molar refractivity (Wildman–Crippen MR) is 55.1 cm³/mol. The largest absolute Gasteiger partial charge is 0.265 e. The lowest BCUT2D eigenvalue weighted by Gasteiger charge is -2.08. The number of nitrogens with zero attached hydrogens (tertiary/aromatic N) is 1. The first-order valence-electron chi connectivity index (χ1n) is 4.37. The van der Waals surface area contributed by atoms with Gasteiger partial charge in [0.15, 0.2) is 0 Å². The van der Waals surface area contributed by atoms with E-state index in [4.69, 9.17) is 5.14 Å². The highest BCUT2D eigenvalue weighted by atomic mass is 32.2. The highest BCUT2D eigenvalue weighted by Gasteiger charge is 2.11. The van der Waals surface area contributed by atoms with Crippen LogP contribution >= 0.6 is 0 Å². The molecule has 5 heteroatoms. The molecule has 14 heavy (non-hydrogen) atoms. The molecule has 0 aliphatic rings. The summed E-state index contributed by atoms with van der Waals surface area (Å²) in [6.07, 6.45) is 4.09. The zero-order valence-electron chi connectivity index (χ0n) is 8.05. The van der Waals surface area contributed by atoms with Gasteiger partial charge in [-0.3, -0.25) is 4.98 Å². The molecule has 1 aromatic rings. The van der Waals surface area contributed by atoms with Crippen LogP contribution < -0.4 is 5.14 Å². The molecule has 0 spiro atoms. The van der Waals surface area contributed by atoms with E-state index in [2.05, 4.69) is 4.98 Å². The Morgan fingerprint density at radius 1 is 1.43 bits per heavy atom. The van der Waals surface area contributed by atoms with Gasteiger partial charge in [-0.1, -0.05) is 6.92 Å². The fourth-order valence-electron chi connectivity index (χ4n) is 1.38. The van der Waals surface area contributed by atoms with E-state index in [0.717, 1.165) is 5.56 Å². The molecule has 0 saturated carbocycles. The second-order valence-corrected chi connectivity index (χ2v) is 5.15. The molecule has 0 radical (unpaired) electrons. The first kappa shape index (κ1) is 11.1. The second kappa shape index (κ2) is 4.52. The first-order valence-corrected chi connectivity index (χ1v) is 6.08. The number of aromatic nitrogens is 1. The van der Waals surface area contributed by atoms with Gasteiger partial charge in [0.1, 0.15) is 0 Å². The van der Waals surface area contributed by atoms with Crippen molar-refractivity contribution in [1.29, 1.82) is 0 Å². The molecule has 0 aromatic carbocycles. The van der Waals surface area contributed by atoms with E-state index in [9.17, 15) is 8.42 Å². The summed E-state index contributed by atoms with van der Waals surface area (Å²) < 4.78 is 21.6. The summed E-state index contributed by atoms with van der Waals surface area (Å²) in [6, 6.07) is 3.75. The molecule has 1 rings (SSSR count). The van der Waals surface area contributed by atoms with Gasteiger partial charge in [-0.15, -0.1) is 0 Å². The summed E-state index contributed by atoms with van der Waals surface area (Å²) >= 11 is 0. The van der Waals surface area contributed by atoms with Gasteiger partial charge in [0, 0.05) is 12.4 Å². The van der Waals surface area contributed by atoms with Gasteiger partial charge >= 0.3 is 0 Å².